The molecule has 0 radical (unpaired) electrons. The van der Waals surface area contributed by atoms with Gasteiger partial charge >= 0.3 is 5.97 Å². The molecule has 0 spiro atoms. The van der Waals surface area contributed by atoms with E-state index in [4.69, 9.17) is 9.84 Å². The number of carboxylic acid groups (broad SMARTS) is 1. The molecule has 20 heavy (non-hydrogen) atoms. The number of para-hydroxylation sites is 1. The highest BCUT2D eigenvalue weighted by Crippen LogP contribution is 2.30. The molecule has 1 N–H and O–H groups in total. The minimum Gasteiger partial charge on any atom is -0.490 e. The van der Waals surface area contributed by atoms with E-state index in [-0.39, 0.29) is 0 Å². The van der Waals surface area contributed by atoms with Gasteiger partial charge < -0.3 is 14.7 Å². The summed E-state index contributed by atoms with van der Waals surface area (Å²) in [7, 11) is 0. The summed E-state index contributed by atoms with van der Waals surface area (Å²) in [5.41, 5.74) is 0.751. The van der Waals surface area contributed by atoms with Crippen molar-refractivity contribution in [1.82, 2.24) is 4.90 Å². The highest BCUT2D eigenvalue weighted by Gasteiger charge is 2.07. The highest BCUT2D eigenvalue weighted by molar-refractivity contribution is 9.10. The van der Waals surface area contributed by atoms with E-state index in [9.17, 15) is 4.79 Å². The number of aliphatic carboxylic acids is 1. The van der Waals surface area contributed by atoms with Crippen molar-refractivity contribution in [3.05, 3.63) is 34.3 Å². The first kappa shape index (κ1) is 16.7. The second kappa shape index (κ2) is 8.76. The van der Waals surface area contributed by atoms with Crippen molar-refractivity contribution in [3.8, 4) is 5.75 Å². The van der Waals surface area contributed by atoms with Gasteiger partial charge in [-0.2, -0.15) is 0 Å². The number of benzene rings is 1. The molecule has 0 fully saturated rings. The Hall–Kier alpha value is -1.33. The van der Waals surface area contributed by atoms with E-state index in [2.05, 4.69) is 34.7 Å². The predicted octanol–water partition coefficient (Wildman–Crippen LogP) is 3.27. The van der Waals surface area contributed by atoms with Crippen molar-refractivity contribution in [3.63, 3.8) is 0 Å². The lowest BCUT2D eigenvalue weighted by Gasteiger charge is -2.19. The maximum atomic E-state index is 10.6. The van der Waals surface area contributed by atoms with E-state index in [0.717, 1.165) is 35.7 Å². The molecule has 0 unspecified atom stereocenters. The summed E-state index contributed by atoms with van der Waals surface area (Å²) >= 11 is 3.44. The van der Waals surface area contributed by atoms with E-state index in [1.807, 2.05) is 18.2 Å². The van der Waals surface area contributed by atoms with Crippen molar-refractivity contribution in [2.45, 2.75) is 13.8 Å². The zero-order chi connectivity index (χ0) is 15.0. The third-order valence-electron chi connectivity index (χ3n) is 2.95. The summed E-state index contributed by atoms with van der Waals surface area (Å²) in [6.07, 6.45) is 2.65. The molecular formula is C15H20BrNO3. The fraction of sp³-hybridized carbons (Fsp3) is 0.400. The summed E-state index contributed by atoms with van der Waals surface area (Å²) in [5, 5.41) is 8.70. The van der Waals surface area contributed by atoms with Gasteiger partial charge in [0.2, 0.25) is 0 Å². The summed E-state index contributed by atoms with van der Waals surface area (Å²) in [6, 6.07) is 5.56. The van der Waals surface area contributed by atoms with Crippen LogP contribution < -0.4 is 4.74 Å². The van der Waals surface area contributed by atoms with Crippen LogP contribution in [0.2, 0.25) is 0 Å². The van der Waals surface area contributed by atoms with E-state index in [0.29, 0.717) is 12.4 Å². The topological polar surface area (TPSA) is 49.8 Å². The molecule has 0 amide bonds. The molecule has 4 nitrogen and oxygen atoms in total. The van der Waals surface area contributed by atoms with E-state index in [1.165, 1.54) is 0 Å². The third kappa shape index (κ3) is 5.35. The Balaban J connectivity index is 2.75. The summed E-state index contributed by atoms with van der Waals surface area (Å²) in [5.74, 6) is -0.295. The zero-order valence-corrected chi connectivity index (χ0v) is 13.4. The van der Waals surface area contributed by atoms with Crippen LogP contribution in [-0.4, -0.2) is 42.2 Å². The van der Waals surface area contributed by atoms with Crippen LogP contribution in [0.25, 0.3) is 6.08 Å². The van der Waals surface area contributed by atoms with Crippen molar-refractivity contribution < 1.29 is 14.6 Å². The lowest BCUT2D eigenvalue weighted by atomic mass is 10.2. The minimum atomic E-state index is -0.973. The Morgan fingerprint density at radius 1 is 1.40 bits per heavy atom. The molecule has 0 aliphatic heterocycles. The van der Waals surface area contributed by atoms with Gasteiger partial charge in [-0.15, -0.1) is 0 Å². The lowest BCUT2D eigenvalue weighted by molar-refractivity contribution is -0.131. The van der Waals surface area contributed by atoms with Gasteiger partial charge in [-0.05, 0) is 41.2 Å². The van der Waals surface area contributed by atoms with Crippen LogP contribution in [0.5, 0.6) is 5.75 Å². The smallest absolute Gasteiger partial charge is 0.328 e. The zero-order valence-electron chi connectivity index (χ0n) is 11.8. The second-order valence-corrected chi connectivity index (χ2v) is 5.06. The largest absolute Gasteiger partial charge is 0.490 e. The van der Waals surface area contributed by atoms with Gasteiger partial charge in [-0.25, -0.2) is 4.79 Å². The number of hydrogen-bond donors (Lipinski definition) is 1. The number of rotatable bonds is 8. The van der Waals surface area contributed by atoms with E-state index in [1.54, 1.807) is 6.08 Å². The highest BCUT2D eigenvalue weighted by atomic mass is 79.9. The molecule has 0 bridgehead atoms. The Kier molecular flexibility index (Phi) is 7.33. The molecular weight excluding hydrogens is 322 g/mol. The maximum Gasteiger partial charge on any atom is 0.328 e. The quantitative estimate of drug-likeness (QED) is 0.737. The molecule has 0 atom stereocenters. The van der Waals surface area contributed by atoms with E-state index < -0.39 is 5.97 Å². The number of nitrogens with zero attached hydrogens (tertiary/aromatic N) is 1. The number of carbonyl (C=O) groups is 1. The van der Waals surface area contributed by atoms with Crippen molar-refractivity contribution in [2.24, 2.45) is 0 Å². The first-order valence-corrected chi connectivity index (χ1v) is 7.42. The van der Waals surface area contributed by atoms with E-state index >= 15 is 0 Å². The molecule has 1 rings (SSSR count). The molecule has 1 aromatic rings. The number of halogens is 1. The first-order chi connectivity index (χ1) is 9.58. The fourth-order valence-electron chi connectivity index (χ4n) is 1.79. The molecule has 110 valence electrons. The Bertz CT molecular complexity index is 470. The fourth-order valence-corrected chi connectivity index (χ4v) is 2.28. The number of likely N-dealkylation sites (N-methyl/N-ethyl adjacent to an activating group) is 1. The van der Waals surface area contributed by atoms with Crippen LogP contribution in [0.3, 0.4) is 0 Å². The van der Waals surface area contributed by atoms with Crippen LogP contribution in [0.1, 0.15) is 19.4 Å². The third-order valence-corrected chi connectivity index (χ3v) is 3.58. The van der Waals surface area contributed by atoms with Crippen LogP contribution in [0.4, 0.5) is 0 Å². The molecule has 0 saturated heterocycles. The number of carboxylic acids is 1. The van der Waals surface area contributed by atoms with Gasteiger partial charge in [-0.3, -0.25) is 0 Å². The van der Waals surface area contributed by atoms with Crippen LogP contribution >= 0.6 is 15.9 Å². The molecule has 0 aromatic heterocycles. The summed E-state index contributed by atoms with van der Waals surface area (Å²) in [6.45, 7) is 7.61. The molecule has 0 heterocycles. The molecule has 5 heteroatoms. The Labute approximate surface area is 128 Å². The van der Waals surface area contributed by atoms with Gasteiger partial charge in [0.25, 0.3) is 0 Å². The molecule has 0 saturated carbocycles. The van der Waals surface area contributed by atoms with Gasteiger partial charge in [0, 0.05) is 18.2 Å². The number of ether oxygens (including phenoxy) is 1. The standard InChI is InChI=1S/C15H20BrNO3/c1-3-17(4-2)10-11-20-15-12(8-9-14(18)19)6-5-7-13(15)16/h5-9H,3-4,10-11H2,1-2H3,(H,18,19). The predicted molar refractivity (Wildman–Crippen MR) is 84.1 cm³/mol. The molecule has 0 aliphatic rings. The van der Waals surface area contributed by atoms with Crippen LogP contribution in [0, 0.1) is 0 Å². The van der Waals surface area contributed by atoms with Crippen LogP contribution in [0.15, 0.2) is 28.7 Å². The van der Waals surface area contributed by atoms with Gasteiger partial charge in [0.1, 0.15) is 12.4 Å². The van der Waals surface area contributed by atoms with Crippen molar-refractivity contribution >= 4 is 28.0 Å². The Morgan fingerprint density at radius 3 is 2.70 bits per heavy atom. The Morgan fingerprint density at radius 2 is 2.10 bits per heavy atom. The van der Waals surface area contributed by atoms with Crippen molar-refractivity contribution in [1.29, 1.82) is 0 Å². The normalized spacial score (nSPS) is 11.2. The van der Waals surface area contributed by atoms with Crippen molar-refractivity contribution in [2.75, 3.05) is 26.2 Å². The average molecular weight is 342 g/mol. The summed E-state index contributed by atoms with van der Waals surface area (Å²) in [4.78, 5) is 12.9. The molecule has 1 aromatic carbocycles. The minimum absolute atomic E-state index is 0.568. The maximum absolute atomic E-state index is 10.6. The molecule has 0 aliphatic carbocycles. The average Bonchev–Trinajstić information content (AvgIpc) is 2.43. The SMILES string of the molecule is CCN(CC)CCOc1c(Br)cccc1C=CC(=O)O. The second-order valence-electron chi connectivity index (χ2n) is 4.21. The van der Waals surface area contributed by atoms with Gasteiger partial charge in [0.05, 0.1) is 4.47 Å². The van der Waals surface area contributed by atoms with Gasteiger partial charge in [0.15, 0.2) is 0 Å². The number of hydrogen-bond acceptors (Lipinski definition) is 3. The van der Waals surface area contributed by atoms with Crippen LogP contribution in [-0.2, 0) is 4.79 Å². The lowest BCUT2D eigenvalue weighted by Crippen LogP contribution is -2.28. The van der Waals surface area contributed by atoms with Gasteiger partial charge in [-0.1, -0.05) is 26.0 Å². The first-order valence-electron chi connectivity index (χ1n) is 6.63. The monoisotopic (exact) mass is 341 g/mol. The summed E-state index contributed by atoms with van der Waals surface area (Å²) < 4.78 is 6.63.